The maximum absolute atomic E-state index is 11.3. The van der Waals surface area contributed by atoms with Crippen molar-refractivity contribution in [2.45, 2.75) is 19.4 Å². The van der Waals surface area contributed by atoms with E-state index < -0.39 is 12.0 Å². The number of esters is 1. The van der Waals surface area contributed by atoms with Crippen LogP contribution in [0.3, 0.4) is 0 Å². The average Bonchev–Trinajstić information content (AvgIpc) is 2.23. The molecule has 1 aromatic carbocycles. The summed E-state index contributed by atoms with van der Waals surface area (Å²) in [5.41, 5.74) is 6.42. The van der Waals surface area contributed by atoms with Crippen molar-refractivity contribution in [2.75, 3.05) is 6.61 Å². The van der Waals surface area contributed by atoms with Gasteiger partial charge in [-0.25, -0.2) is 0 Å². The molecular weight excluding hydrogens is 249 g/mol. The summed E-state index contributed by atoms with van der Waals surface area (Å²) in [6, 6.07) is 4.35. The van der Waals surface area contributed by atoms with Crippen molar-refractivity contribution in [3.05, 3.63) is 33.8 Å². The largest absolute Gasteiger partial charge is 0.465 e. The van der Waals surface area contributed by atoms with Crippen molar-refractivity contribution in [1.82, 2.24) is 0 Å². The molecule has 16 heavy (non-hydrogen) atoms. The SMILES string of the molecule is CCOC(=O)C(N)Cc1cc(Cl)ccc1Cl. The maximum Gasteiger partial charge on any atom is 0.323 e. The van der Waals surface area contributed by atoms with Crippen LogP contribution in [0.1, 0.15) is 12.5 Å². The Labute approximate surface area is 104 Å². The zero-order chi connectivity index (χ0) is 12.1. The summed E-state index contributed by atoms with van der Waals surface area (Å²) in [5, 5.41) is 1.11. The van der Waals surface area contributed by atoms with Crippen LogP contribution in [0.25, 0.3) is 0 Å². The topological polar surface area (TPSA) is 52.3 Å². The predicted molar refractivity (Wildman–Crippen MR) is 64.8 cm³/mol. The molecule has 0 bridgehead atoms. The van der Waals surface area contributed by atoms with E-state index in [1.165, 1.54) is 0 Å². The van der Waals surface area contributed by atoms with Crippen LogP contribution in [0.4, 0.5) is 0 Å². The fraction of sp³-hybridized carbons (Fsp3) is 0.364. The number of carbonyl (C=O) groups is 1. The third-order valence-electron chi connectivity index (χ3n) is 2.04. The molecule has 0 saturated heterocycles. The van der Waals surface area contributed by atoms with Gasteiger partial charge in [0.25, 0.3) is 0 Å². The molecule has 0 fully saturated rings. The lowest BCUT2D eigenvalue weighted by Crippen LogP contribution is -2.34. The van der Waals surface area contributed by atoms with Crippen LogP contribution in [-0.4, -0.2) is 18.6 Å². The molecule has 0 aliphatic rings. The van der Waals surface area contributed by atoms with Gasteiger partial charge in [-0.1, -0.05) is 23.2 Å². The van der Waals surface area contributed by atoms with Crippen molar-refractivity contribution >= 4 is 29.2 Å². The Hall–Kier alpha value is -0.770. The second-order valence-electron chi connectivity index (χ2n) is 3.30. The molecule has 1 atom stereocenters. The zero-order valence-electron chi connectivity index (χ0n) is 8.87. The molecule has 0 aromatic heterocycles. The summed E-state index contributed by atoms with van der Waals surface area (Å²) >= 11 is 11.8. The van der Waals surface area contributed by atoms with Gasteiger partial charge in [-0.15, -0.1) is 0 Å². The number of hydrogen-bond donors (Lipinski definition) is 1. The zero-order valence-corrected chi connectivity index (χ0v) is 10.4. The molecule has 0 radical (unpaired) electrons. The quantitative estimate of drug-likeness (QED) is 0.848. The highest BCUT2D eigenvalue weighted by atomic mass is 35.5. The van der Waals surface area contributed by atoms with Crippen LogP contribution in [0.2, 0.25) is 10.0 Å². The van der Waals surface area contributed by atoms with E-state index in [-0.39, 0.29) is 0 Å². The molecule has 0 aliphatic heterocycles. The minimum atomic E-state index is -0.712. The predicted octanol–water partition coefficient (Wildman–Crippen LogP) is 2.43. The molecule has 5 heteroatoms. The Morgan fingerprint density at radius 1 is 1.50 bits per heavy atom. The van der Waals surface area contributed by atoms with Crippen LogP contribution in [0.15, 0.2) is 18.2 Å². The summed E-state index contributed by atoms with van der Waals surface area (Å²) in [6.45, 7) is 2.05. The minimum Gasteiger partial charge on any atom is -0.465 e. The van der Waals surface area contributed by atoms with E-state index in [1.54, 1.807) is 25.1 Å². The average molecular weight is 262 g/mol. The van der Waals surface area contributed by atoms with Gasteiger partial charge in [0.05, 0.1) is 6.61 Å². The standard InChI is InChI=1S/C11H13Cl2NO2/c1-2-16-11(15)10(14)6-7-5-8(12)3-4-9(7)13/h3-5,10H,2,6,14H2,1H3. The Morgan fingerprint density at radius 3 is 2.81 bits per heavy atom. The van der Waals surface area contributed by atoms with Gasteiger partial charge >= 0.3 is 5.97 Å². The maximum atomic E-state index is 11.3. The molecule has 1 aromatic rings. The molecule has 3 nitrogen and oxygen atoms in total. The van der Waals surface area contributed by atoms with Crippen molar-refractivity contribution in [1.29, 1.82) is 0 Å². The number of rotatable bonds is 4. The van der Waals surface area contributed by atoms with Crippen molar-refractivity contribution in [3.8, 4) is 0 Å². The first kappa shape index (κ1) is 13.3. The fourth-order valence-corrected chi connectivity index (χ4v) is 1.66. The molecule has 0 aliphatic carbocycles. The highest BCUT2D eigenvalue weighted by molar-refractivity contribution is 6.33. The van der Waals surface area contributed by atoms with Crippen molar-refractivity contribution in [3.63, 3.8) is 0 Å². The molecule has 2 N–H and O–H groups in total. The molecule has 0 saturated carbocycles. The summed E-state index contributed by atoms with van der Waals surface area (Å²) < 4.78 is 4.81. The first-order valence-corrected chi connectivity index (χ1v) is 5.66. The number of halogens is 2. The minimum absolute atomic E-state index is 0.315. The van der Waals surface area contributed by atoms with Crippen molar-refractivity contribution in [2.24, 2.45) is 5.73 Å². The van der Waals surface area contributed by atoms with E-state index in [9.17, 15) is 4.79 Å². The number of nitrogens with two attached hydrogens (primary N) is 1. The van der Waals surface area contributed by atoms with Gasteiger partial charge in [-0.3, -0.25) is 4.79 Å². The number of carbonyl (C=O) groups excluding carboxylic acids is 1. The van der Waals surface area contributed by atoms with Crippen LogP contribution in [-0.2, 0) is 16.0 Å². The molecule has 0 spiro atoms. The van der Waals surface area contributed by atoms with E-state index >= 15 is 0 Å². The third-order valence-corrected chi connectivity index (χ3v) is 2.64. The lowest BCUT2D eigenvalue weighted by atomic mass is 10.1. The van der Waals surface area contributed by atoms with Gasteiger partial charge in [0.15, 0.2) is 0 Å². The first-order chi connectivity index (χ1) is 7.54. The molecule has 1 unspecified atom stereocenters. The van der Waals surface area contributed by atoms with Crippen LogP contribution in [0, 0.1) is 0 Å². The highest BCUT2D eigenvalue weighted by Crippen LogP contribution is 2.21. The van der Waals surface area contributed by atoms with Gasteiger partial charge in [-0.05, 0) is 37.1 Å². The molecule has 1 rings (SSSR count). The monoisotopic (exact) mass is 261 g/mol. The smallest absolute Gasteiger partial charge is 0.323 e. The second-order valence-corrected chi connectivity index (χ2v) is 4.14. The van der Waals surface area contributed by atoms with Gasteiger partial charge in [0.1, 0.15) is 6.04 Å². The van der Waals surface area contributed by atoms with Crippen molar-refractivity contribution < 1.29 is 9.53 Å². The second kappa shape index (κ2) is 6.09. The summed E-state index contributed by atoms with van der Waals surface area (Å²) in [4.78, 5) is 11.3. The number of hydrogen-bond acceptors (Lipinski definition) is 3. The lowest BCUT2D eigenvalue weighted by molar-refractivity contribution is -0.144. The van der Waals surface area contributed by atoms with Gasteiger partial charge < -0.3 is 10.5 Å². The van der Waals surface area contributed by atoms with Crippen LogP contribution in [0.5, 0.6) is 0 Å². The Kier molecular flexibility index (Phi) is 5.06. The van der Waals surface area contributed by atoms with Gasteiger partial charge in [0, 0.05) is 10.0 Å². The highest BCUT2D eigenvalue weighted by Gasteiger charge is 2.16. The molecular formula is C11H13Cl2NO2. The first-order valence-electron chi connectivity index (χ1n) is 4.90. The summed E-state index contributed by atoms with van der Waals surface area (Å²) in [7, 11) is 0. The summed E-state index contributed by atoms with van der Waals surface area (Å²) in [6.07, 6.45) is 0.318. The fourth-order valence-electron chi connectivity index (χ4n) is 1.27. The summed E-state index contributed by atoms with van der Waals surface area (Å²) in [5.74, 6) is -0.432. The Balaban J connectivity index is 2.72. The number of ether oxygens (including phenoxy) is 1. The molecule has 0 amide bonds. The normalized spacial score (nSPS) is 12.2. The Morgan fingerprint density at radius 2 is 2.19 bits per heavy atom. The number of benzene rings is 1. The molecule has 0 heterocycles. The van der Waals surface area contributed by atoms with E-state index in [0.717, 1.165) is 5.56 Å². The van der Waals surface area contributed by atoms with Crippen LogP contribution < -0.4 is 5.73 Å². The Bertz CT molecular complexity index is 382. The van der Waals surface area contributed by atoms with Crippen LogP contribution >= 0.6 is 23.2 Å². The van der Waals surface area contributed by atoms with E-state index in [1.807, 2.05) is 0 Å². The third kappa shape index (κ3) is 3.67. The van der Waals surface area contributed by atoms with E-state index in [2.05, 4.69) is 0 Å². The van der Waals surface area contributed by atoms with E-state index in [4.69, 9.17) is 33.7 Å². The lowest BCUT2D eigenvalue weighted by Gasteiger charge is -2.11. The van der Waals surface area contributed by atoms with Gasteiger partial charge in [-0.2, -0.15) is 0 Å². The van der Waals surface area contributed by atoms with Gasteiger partial charge in [0.2, 0.25) is 0 Å². The van der Waals surface area contributed by atoms with E-state index in [0.29, 0.717) is 23.1 Å². The molecule has 88 valence electrons.